The number of rotatable bonds is 10. The monoisotopic (exact) mass is 607 g/mol. The second-order valence-corrected chi connectivity index (χ2v) is 10.0. The van der Waals surface area contributed by atoms with Crippen LogP contribution in [0.15, 0.2) is 78.9 Å². The van der Waals surface area contributed by atoms with Crippen molar-refractivity contribution >= 4 is 35.3 Å². The van der Waals surface area contributed by atoms with Crippen LogP contribution >= 0.6 is 0 Å². The molecule has 0 spiro atoms. The number of carbonyl (C=O) groups excluding carboxylic acids is 3. The minimum atomic E-state index is -1.04. The van der Waals surface area contributed by atoms with Gasteiger partial charge < -0.3 is 28.4 Å². The third-order valence-corrected chi connectivity index (χ3v) is 7.05. The van der Waals surface area contributed by atoms with Crippen LogP contribution in [0.3, 0.4) is 0 Å². The average Bonchev–Trinajstić information content (AvgIpc) is 3.01. The SMILES string of the molecule is COc1cccc(C)c1NC(=O)OC1C(C)OC(OC)C(OC(=O)Nc2ccccc2)C1CCOC(=O)Nc1ccccc1. The van der Waals surface area contributed by atoms with Gasteiger partial charge in [-0.15, -0.1) is 0 Å². The topological polar surface area (TPSA) is 143 Å². The maximum atomic E-state index is 13.2. The molecule has 1 aliphatic rings. The van der Waals surface area contributed by atoms with Gasteiger partial charge in [-0.2, -0.15) is 0 Å². The van der Waals surface area contributed by atoms with Crippen molar-refractivity contribution in [3.63, 3.8) is 0 Å². The third kappa shape index (κ3) is 8.62. The summed E-state index contributed by atoms with van der Waals surface area (Å²) >= 11 is 0. The van der Waals surface area contributed by atoms with E-state index in [0.717, 1.165) is 5.56 Å². The van der Waals surface area contributed by atoms with E-state index in [1.165, 1.54) is 14.2 Å². The molecular weight excluding hydrogens is 570 g/mol. The number of hydrogen-bond acceptors (Lipinski definition) is 9. The molecule has 1 fully saturated rings. The van der Waals surface area contributed by atoms with Crippen molar-refractivity contribution in [2.45, 2.75) is 44.9 Å². The first-order valence-corrected chi connectivity index (χ1v) is 14.1. The Hall–Kier alpha value is -4.81. The number of anilines is 3. The number of benzene rings is 3. The Balaban J connectivity index is 1.52. The van der Waals surface area contributed by atoms with Gasteiger partial charge in [0.1, 0.15) is 11.9 Å². The van der Waals surface area contributed by atoms with Gasteiger partial charge in [-0.25, -0.2) is 14.4 Å². The van der Waals surface area contributed by atoms with Crippen LogP contribution in [0.4, 0.5) is 31.4 Å². The largest absolute Gasteiger partial charge is 0.495 e. The van der Waals surface area contributed by atoms with Crippen LogP contribution in [0.2, 0.25) is 0 Å². The second-order valence-electron chi connectivity index (χ2n) is 10.0. The van der Waals surface area contributed by atoms with E-state index in [-0.39, 0.29) is 13.0 Å². The molecule has 234 valence electrons. The molecular formula is C32H37N3O9. The van der Waals surface area contributed by atoms with E-state index in [2.05, 4.69) is 16.0 Å². The molecule has 5 atom stereocenters. The highest BCUT2D eigenvalue weighted by Gasteiger charge is 2.49. The van der Waals surface area contributed by atoms with Crippen LogP contribution in [-0.2, 0) is 23.7 Å². The van der Waals surface area contributed by atoms with Gasteiger partial charge >= 0.3 is 18.3 Å². The Morgan fingerprint density at radius 2 is 1.34 bits per heavy atom. The fraction of sp³-hybridized carbons (Fsp3) is 0.344. The van der Waals surface area contributed by atoms with E-state index in [1.54, 1.807) is 67.6 Å². The fourth-order valence-electron chi connectivity index (χ4n) is 4.93. The Bertz CT molecular complexity index is 1390. The molecule has 0 bridgehead atoms. The lowest BCUT2D eigenvalue weighted by molar-refractivity contribution is -0.271. The smallest absolute Gasteiger partial charge is 0.412 e. The summed E-state index contributed by atoms with van der Waals surface area (Å²) in [5, 5.41) is 8.07. The van der Waals surface area contributed by atoms with Gasteiger partial charge in [-0.1, -0.05) is 48.5 Å². The summed E-state index contributed by atoms with van der Waals surface area (Å²) in [6, 6.07) is 23.0. The first kappa shape index (κ1) is 32.1. The van der Waals surface area contributed by atoms with Crippen molar-refractivity contribution in [1.82, 2.24) is 0 Å². The Labute approximate surface area is 255 Å². The van der Waals surface area contributed by atoms with Crippen LogP contribution in [0.5, 0.6) is 5.75 Å². The van der Waals surface area contributed by atoms with Crippen LogP contribution in [-0.4, -0.2) is 63.7 Å². The minimum absolute atomic E-state index is 0.0836. The zero-order valence-corrected chi connectivity index (χ0v) is 25.0. The van der Waals surface area contributed by atoms with Crippen LogP contribution < -0.4 is 20.7 Å². The molecule has 3 N–H and O–H groups in total. The Morgan fingerprint density at radius 3 is 1.95 bits per heavy atom. The van der Waals surface area contributed by atoms with Gasteiger partial charge in [0.15, 0.2) is 12.4 Å². The van der Waals surface area contributed by atoms with E-state index in [9.17, 15) is 14.4 Å². The molecule has 0 radical (unpaired) electrons. The zero-order chi connectivity index (χ0) is 31.5. The molecule has 0 saturated carbocycles. The molecule has 1 aliphatic heterocycles. The summed E-state index contributed by atoms with van der Waals surface area (Å²) in [7, 11) is 2.92. The lowest BCUT2D eigenvalue weighted by Gasteiger charge is -2.44. The quantitative estimate of drug-likeness (QED) is 0.230. The van der Waals surface area contributed by atoms with E-state index in [1.807, 2.05) is 25.1 Å². The summed E-state index contributed by atoms with van der Waals surface area (Å²) in [5.41, 5.74) is 2.31. The van der Waals surface area contributed by atoms with Crippen LogP contribution in [0.1, 0.15) is 18.9 Å². The Morgan fingerprint density at radius 1 is 0.750 bits per heavy atom. The molecule has 0 aliphatic carbocycles. The average molecular weight is 608 g/mol. The molecule has 4 rings (SSSR count). The van der Waals surface area contributed by atoms with E-state index in [4.69, 9.17) is 28.4 Å². The molecule has 3 aromatic carbocycles. The number of methoxy groups -OCH3 is 2. The number of ether oxygens (including phenoxy) is 6. The summed E-state index contributed by atoms with van der Waals surface area (Å²) < 4.78 is 34.1. The maximum absolute atomic E-state index is 13.2. The van der Waals surface area contributed by atoms with Crippen molar-refractivity contribution < 1.29 is 42.8 Å². The highest BCUT2D eigenvalue weighted by molar-refractivity contribution is 5.88. The summed E-state index contributed by atoms with van der Waals surface area (Å²) in [6.45, 7) is 3.46. The van der Waals surface area contributed by atoms with Crippen LogP contribution in [0, 0.1) is 12.8 Å². The lowest BCUT2D eigenvalue weighted by atomic mass is 9.86. The summed E-state index contributed by atoms with van der Waals surface area (Å²) in [6.07, 6.45) is -5.68. The standard InChI is InChI=1S/C32H37N3O9/c1-20-12-11-17-25(39-3)26(20)35-32(38)43-27-21(2)42-29(40-4)28(44-31(37)34-23-15-9-6-10-16-23)24(27)18-19-41-30(36)33-22-13-7-5-8-14-22/h5-17,21,24,27-29H,18-19H2,1-4H3,(H,33,36)(H,34,37)(H,35,38). The Kier molecular flexibility index (Phi) is 11.4. The molecule has 1 saturated heterocycles. The molecule has 1 heterocycles. The van der Waals surface area contributed by atoms with Gasteiger partial charge in [0, 0.05) is 24.4 Å². The summed E-state index contributed by atoms with van der Waals surface area (Å²) in [4.78, 5) is 38.6. The third-order valence-electron chi connectivity index (χ3n) is 7.05. The predicted molar refractivity (Wildman–Crippen MR) is 163 cm³/mol. The van der Waals surface area contributed by atoms with E-state index in [0.29, 0.717) is 22.8 Å². The first-order valence-electron chi connectivity index (χ1n) is 14.1. The number of amides is 3. The van der Waals surface area contributed by atoms with Crippen molar-refractivity contribution in [2.24, 2.45) is 5.92 Å². The number of hydrogen-bond donors (Lipinski definition) is 3. The molecule has 44 heavy (non-hydrogen) atoms. The molecule has 3 amide bonds. The molecule has 5 unspecified atom stereocenters. The highest BCUT2D eigenvalue weighted by atomic mass is 16.7. The molecule has 12 heteroatoms. The second kappa shape index (κ2) is 15.6. The molecule has 12 nitrogen and oxygen atoms in total. The van der Waals surface area contributed by atoms with E-state index < -0.39 is 48.8 Å². The van der Waals surface area contributed by atoms with Gasteiger partial charge in [0.2, 0.25) is 0 Å². The molecule has 0 aromatic heterocycles. The number of para-hydroxylation sites is 3. The summed E-state index contributed by atoms with van der Waals surface area (Å²) in [5.74, 6) is -0.234. The number of carbonyl (C=O) groups is 3. The van der Waals surface area contributed by atoms with Crippen molar-refractivity contribution in [2.75, 3.05) is 36.8 Å². The predicted octanol–water partition coefficient (Wildman–Crippen LogP) is 6.18. The van der Waals surface area contributed by atoms with Gasteiger partial charge in [0.25, 0.3) is 0 Å². The number of nitrogens with one attached hydrogen (secondary N) is 3. The lowest BCUT2D eigenvalue weighted by Crippen LogP contribution is -2.57. The highest BCUT2D eigenvalue weighted by Crippen LogP contribution is 2.35. The van der Waals surface area contributed by atoms with Crippen molar-refractivity contribution in [1.29, 1.82) is 0 Å². The zero-order valence-electron chi connectivity index (χ0n) is 25.0. The normalized spacial score (nSPS) is 21.0. The maximum Gasteiger partial charge on any atom is 0.412 e. The first-order chi connectivity index (χ1) is 21.3. The minimum Gasteiger partial charge on any atom is -0.495 e. The molecule has 3 aromatic rings. The van der Waals surface area contributed by atoms with Gasteiger partial charge in [-0.05, 0) is 56.2 Å². The van der Waals surface area contributed by atoms with Crippen LogP contribution in [0.25, 0.3) is 0 Å². The van der Waals surface area contributed by atoms with Crippen molar-refractivity contribution in [3.8, 4) is 5.75 Å². The fourth-order valence-corrected chi connectivity index (χ4v) is 4.93. The van der Waals surface area contributed by atoms with Gasteiger partial charge in [-0.3, -0.25) is 16.0 Å². The van der Waals surface area contributed by atoms with E-state index >= 15 is 0 Å². The number of aryl methyl sites for hydroxylation is 1. The van der Waals surface area contributed by atoms with Gasteiger partial charge in [0.05, 0.1) is 25.5 Å². The van der Waals surface area contributed by atoms with Crippen molar-refractivity contribution in [3.05, 3.63) is 84.4 Å².